The van der Waals surface area contributed by atoms with Gasteiger partial charge in [0.05, 0.1) is 32.0 Å². The molecular formula is C15H22N2O4. The van der Waals surface area contributed by atoms with Gasteiger partial charge in [0.15, 0.2) is 5.78 Å². The van der Waals surface area contributed by atoms with E-state index in [0.717, 1.165) is 5.69 Å². The average molecular weight is 294 g/mol. The number of esters is 1. The Morgan fingerprint density at radius 2 is 2.00 bits per heavy atom. The Hall–Kier alpha value is -1.95. The molecule has 0 aromatic carbocycles. The maximum atomic E-state index is 11.6. The summed E-state index contributed by atoms with van der Waals surface area (Å²) in [5.74, 6) is -0.247. The fourth-order valence-corrected chi connectivity index (χ4v) is 1.82. The molecule has 0 atom stereocenters. The van der Waals surface area contributed by atoms with E-state index in [2.05, 4.69) is 9.72 Å². The van der Waals surface area contributed by atoms with Gasteiger partial charge in [0, 0.05) is 26.6 Å². The summed E-state index contributed by atoms with van der Waals surface area (Å²) in [6, 6.07) is 3.54. The van der Waals surface area contributed by atoms with Crippen LogP contribution < -0.4 is 4.90 Å². The summed E-state index contributed by atoms with van der Waals surface area (Å²) in [5, 5.41) is 0. The van der Waals surface area contributed by atoms with Crippen molar-refractivity contribution in [1.82, 2.24) is 4.98 Å². The molecule has 0 amide bonds. The second-order valence-electron chi connectivity index (χ2n) is 4.48. The number of hydrogen-bond donors (Lipinski definition) is 0. The first-order chi connectivity index (χ1) is 10.1. The molecule has 0 N–H and O–H groups in total. The van der Waals surface area contributed by atoms with Crippen LogP contribution in [0.2, 0.25) is 0 Å². The van der Waals surface area contributed by atoms with Gasteiger partial charge in [-0.3, -0.25) is 14.6 Å². The first-order valence-electron chi connectivity index (χ1n) is 6.92. The van der Waals surface area contributed by atoms with Gasteiger partial charge in [0.1, 0.15) is 5.69 Å². The van der Waals surface area contributed by atoms with E-state index in [1.54, 1.807) is 26.3 Å². The highest BCUT2D eigenvalue weighted by Gasteiger charge is 2.11. The van der Waals surface area contributed by atoms with Crippen LogP contribution in [0.3, 0.4) is 0 Å². The number of carbonyl (C=O) groups is 2. The lowest BCUT2D eigenvalue weighted by molar-refractivity contribution is -0.140. The second kappa shape index (κ2) is 9.07. The molecule has 0 aliphatic rings. The van der Waals surface area contributed by atoms with E-state index in [-0.39, 0.29) is 18.2 Å². The second-order valence-corrected chi connectivity index (χ2v) is 4.48. The Labute approximate surface area is 125 Å². The Morgan fingerprint density at radius 3 is 2.52 bits per heavy atom. The number of carbonyl (C=O) groups excluding carboxylic acids is 2. The van der Waals surface area contributed by atoms with Crippen molar-refractivity contribution in [3.63, 3.8) is 0 Å². The Morgan fingerprint density at radius 1 is 1.24 bits per heavy atom. The minimum Gasteiger partial charge on any atom is -0.469 e. The topological polar surface area (TPSA) is 68.7 Å². The number of aromatic nitrogens is 1. The summed E-state index contributed by atoms with van der Waals surface area (Å²) in [6.07, 6.45) is 2.37. The molecule has 0 bridgehead atoms. The summed E-state index contributed by atoms with van der Waals surface area (Å²) in [6.45, 7) is 3.49. The lowest BCUT2D eigenvalue weighted by Gasteiger charge is -2.23. The smallest absolute Gasteiger partial charge is 0.307 e. The van der Waals surface area contributed by atoms with Crippen molar-refractivity contribution in [3.8, 4) is 0 Å². The predicted molar refractivity (Wildman–Crippen MR) is 79.6 cm³/mol. The Kier molecular flexibility index (Phi) is 7.39. The molecule has 1 rings (SSSR count). The van der Waals surface area contributed by atoms with Crippen molar-refractivity contribution < 1.29 is 19.1 Å². The highest BCUT2D eigenvalue weighted by Crippen LogP contribution is 2.14. The van der Waals surface area contributed by atoms with Gasteiger partial charge in [-0.15, -0.1) is 0 Å². The van der Waals surface area contributed by atoms with Gasteiger partial charge in [-0.05, 0) is 12.1 Å². The molecule has 0 fully saturated rings. The zero-order valence-corrected chi connectivity index (χ0v) is 12.8. The van der Waals surface area contributed by atoms with Gasteiger partial charge in [-0.2, -0.15) is 0 Å². The van der Waals surface area contributed by atoms with Gasteiger partial charge in [-0.1, -0.05) is 6.92 Å². The van der Waals surface area contributed by atoms with E-state index in [1.807, 2.05) is 11.0 Å². The van der Waals surface area contributed by atoms with Gasteiger partial charge in [0.2, 0.25) is 0 Å². The summed E-state index contributed by atoms with van der Waals surface area (Å²) < 4.78 is 9.72. The van der Waals surface area contributed by atoms with Crippen LogP contribution in [0, 0.1) is 0 Å². The molecular weight excluding hydrogens is 272 g/mol. The highest BCUT2D eigenvalue weighted by atomic mass is 16.5. The number of nitrogens with zero attached hydrogens (tertiary/aromatic N) is 2. The standard InChI is InChI=1S/C15H22N2O4/c1-4-14(18)13-6-5-12(11-16-13)17(9-10-20-2)8-7-15(19)21-3/h5-6,11H,4,7-10H2,1-3H3. The van der Waals surface area contributed by atoms with Crippen molar-refractivity contribution in [1.29, 1.82) is 0 Å². The fraction of sp³-hybridized carbons (Fsp3) is 0.533. The number of pyridine rings is 1. The lowest BCUT2D eigenvalue weighted by Crippen LogP contribution is -2.30. The van der Waals surface area contributed by atoms with E-state index in [9.17, 15) is 9.59 Å². The van der Waals surface area contributed by atoms with E-state index < -0.39 is 0 Å². The normalized spacial score (nSPS) is 10.2. The van der Waals surface area contributed by atoms with Crippen LogP contribution in [0.1, 0.15) is 30.3 Å². The fourth-order valence-electron chi connectivity index (χ4n) is 1.82. The number of ketones is 1. The minimum absolute atomic E-state index is 0.0135. The largest absolute Gasteiger partial charge is 0.469 e. The van der Waals surface area contributed by atoms with Crippen LogP contribution in [-0.2, 0) is 14.3 Å². The number of ether oxygens (including phenoxy) is 2. The SMILES string of the molecule is CCC(=O)c1ccc(N(CCOC)CCC(=O)OC)cn1. The quantitative estimate of drug-likeness (QED) is 0.510. The Balaban J connectivity index is 2.76. The molecule has 1 aromatic rings. The first kappa shape index (κ1) is 17.1. The lowest BCUT2D eigenvalue weighted by atomic mass is 10.2. The van der Waals surface area contributed by atoms with Crippen molar-refractivity contribution in [2.45, 2.75) is 19.8 Å². The molecule has 116 valence electrons. The van der Waals surface area contributed by atoms with E-state index in [4.69, 9.17) is 4.74 Å². The monoisotopic (exact) mass is 294 g/mol. The maximum Gasteiger partial charge on any atom is 0.307 e. The molecule has 0 saturated carbocycles. The molecule has 0 unspecified atom stereocenters. The average Bonchev–Trinajstić information content (AvgIpc) is 2.54. The van der Waals surface area contributed by atoms with Crippen LogP contribution in [0.5, 0.6) is 0 Å². The van der Waals surface area contributed by atoms with E-state index >= 15 is 0 Å². The van der Waals surface area contributed by atoms with Gasteiger partial charge in [-0.25, -0.2) is 0 Å². The molecule has 1 heterocycles. The Bertz CT molecular complexity index is 459. The van der Waals surface area contributed by atoms with Gasteiger partial charge >= 0.3 is 5.97 Å². The van der Waals surface area contributed by atoms with Gasteiger partial charge < -0.3 is 14.4 Å². The van der Waals surface area contributed by atoms with Crippen LogP contribution in [0.4, 0.5) is 5.69 Å². The van der Waals surface area contributed by atoms with Crippen LogP contribution in [-0.4, -0.2) is 50.7 Å². The van der Waals surface area contributed by atoms with Crippen molar-refractivity contribution in [2.24, 2.45) is 0 Å². The summed E-state index contributed by atoms with van der Waals surface area (Å²) in [5.41, 5.74) is 1.31. The van der Waals surface area contributed by atoms with Crippen molar-refractivity contribution in [2.75, 3.05) is 38.8 Å². The summed E-state index contributed by atoms with van der Waals surface area (Å²) in [4.78, 5) is 29.0. The molecule has 21 heavy (non-hydrogen) atoms. The van der Waals surface area contributed by atoms with Crippen LogP contribution >= 0.6 is 0 Å². The molecule has 6 nitrogen and oxygen atoms in total. The molecule has 1 aromatic heterocycles. The predicted octanol–water partition coefficient (Wildman–Crippen LogP) is 1.69. The third-order valence-electron chi connectivity index (χ3n) is 3.10. The zero-order chi connectivity index (χ0) is 15.7. The third-order valence-corrected chi connectivity index (χ3v) is 3.10. The molecule has 6 heteroatoms. The van der Waals surface area contributed by atoms with Crippen molar-refractivity contribution >= 4 is 17.4 Å². The minimum atomic E-state index is -0.261. The number of anilines is 1. The summed E-state index contributed by atoms with van der Waals surface area (Å²) in [7, 11) is 2.99. The molecule has 0 spiro atoms. The highest BCUT2D eigenvalue weighted by molar-refractivity contribution is 5.94. The number of rotatable bonds is 9. The van der Waals surface area contributed by atoms with Crippen LogP contribution in [0.15, 0.2) is 18.3 Å². The number of Topliss-reactive ketones (excluding diaryl/α,β-unsaturated/α-hetero) is 1. The van der Waals surface area contributed by atoms with E-state index in [1.165, 1.54) is 7.11 Å². The number of methoxy groups -OCH3 is 2. The zero-order valence-electron chi connectivity index (χ0n) is 12.8. The van der Waals surface area contributed by atoms with Crippen molar-refractivity contribution in [3.05, 3.63) is 24.0 Å². The molecule has 0 radical (unpaired) electrons. The molecule has 0 aliphatic carbocycles. The van der Waals surface area contributed by atoms with Crippen LogP contribution in [0.25, 0.3) is 0 Å². The third kappa shape index (κ3) is 5.51. The number of hydrogen-bond acceptors (Lipinski definition) is 6. The summed E-state index contributed by atoms with van der Waals surface area (Å²) >= 11 is 0. The first-order valence-corrected chi connectivity index (χ1v) is 6.92. The van der Waals surface area contributed by atoms with E-state index in [0.29, 0.717) is 31.8 Å². The molecule has 0 saturated heterocycles. The molecule has 0 aliphatic heterocycles. The maximum absolute atomic E-state index is 11.6. The van der Waals surface area contributed by atoms with Gasteiger partial charge in [0.25, 0.3) is 0 Å².